The minimum Gasteiger partial charge on any atom is -0.396 e. The highest BCUT2D eigenvalue weighted by Gasteiger charge is 2.29. The maximum absolute atomic E-state index is 12.7. The molecule has 0 amide bonds. The van der Waals surface area contributed by atoms with Crippen LogP contribution in [0, 0.1) is 11.8 Å². The molecule has 2 N–H and O–H groups in total. The van der Waals surface area contributed by atoms with E-state index >= 15 is 0 Å². The molecule has 7 heteroatoms. The maximum atomic E-state index is 12.7. The van der Waals surface area contributed by atoms with Crippen molar-refractivity contribution in [3.8, 4) is 0 Å². The Labute approximate surface area is 201 Å². The Morgan fingerprint density at radius 3 is 3.00 bits per heavy atom. The molecule has 1 aromatic heterocycles. The number of rotatable bonds is 9. The van der Waals surface area contributed by atoms with Gasteiger partial charge >= 0.3 is 0 Å². The van der Waals surface area contributed by atoms with E-state index in [-0.39, 0.29) is 23.9 Å². The number of fused-ring (bicyclic) bond motifs is 1. The molecule has 3 atom stereocenters. The minimum atomic E-state index is 0.0387. The Hall–Kier alpha value is -2.02. The van der Waals surface area contributed by atoms with Crippen molar-refractivity contribution < 1.29 is 14.6 Å². The molecule has 1 saturated heterocycles. The monoisotopic (exact) mass is 471 g/mol. The second-order valence-corrected chi connectivity index (χ2v) is 9.71. The Morgan fingerprint density at radius 2 is 2.15 bits per heavy atom. The Morgan fingerprint density at radius 1 is 1.27 bits per heavy atom. The van der Waals surface area contributed by atoms with E-state index in [1.807, 2.05) is 12.1 Å². The molecule has 2 heterocycles. The number of aliphatic hydroxyl groups excluding tert-OH is 1. The van der Waals surface area contributed by atoms with Crippen molar-refractivity contribution in [2.75, 3.05) is 25.1 Å². The molecule has 1 aromatic carbocycles. The number of aliphatic hydroxyl groups is 1. The molecule has 33 heavy (non-hydrogen) atoms. The summed E-state index contributed by atoms with van der Waals surface area (Å²) in [5.41, 5.74) is 4.37. The fourth-order valence-electron chi connectivity index (χ4n) is 5.05. The molecule has 178 valence electrons. The van der Waals surface area contributed by atoms with Gasteiger partial charge in [-0.05, 0) is 80.5 Å². The quantitative estimate of drug-likeness (QED) is 0.515. The van der Waals surface area contributed by atoms with Crippen LogP contribution in [0.15, 0.2) is 24.3 Å². The lowest BCUT2D eigenvalue weighted by atomic mass is 9.90. The van der Waals surface area contributed by atoms with Gasteiger partial charge in [0.15, 0.2) is 0 Å². The van der Waals surface area contributed by atoms with Crippen LogP contribution in [0.2, 0.25) is 5.28 Å². The summed E-state index contributed by atoms with van der Waals surface area (Å²) in [5.74, 6) is 1.72. The summed E-state index contributed by atoms with van der Waals surface area (Å²) in [6.45, 7) is 3.72. The highest BCUT2D eigenvalue weighted by Crippen LogP contribution is 2.35. The van der Waals surface area contributed by atoms with E-state index in [1.54, 1.807) is 0 Å². The number of nitrogens with zero attached hydrogens (tertiary/aromatic N) is 2. The average Bonchev–Trinajstić information content (AvgIpc) is 3.02. The maximum Gasteiger partial charge on any atom is 0.224 e. The summed E-state index contributed by atoms with van der Waals surface area (Å²) >= 11 is 6.26. The van der Waals surface area contributed by atoms with Gasteiger partial charge in [-0.15, -0.1) is 0 Å². The predicted molar refractivity (Wildman–Crippen MR) is 130 cm³/mol. The number of aromatic nitrogens is 2. The summed E-state index contributed by atoms with van der Waals surface area (Å²) in [4.78, 5) is 21.7. The second kappa shape index (κ2) is 11.4. The van der Waals surface area contributed by atoms with E-state index in [0.29, 0.717) is 31.1 Å². The van der Waals surface area contributed by atoms with E-state index in [0.717, 1.165) is 73.3 Å². The molecule has 3 unspecified atom stereocenters. The van der Waals surface area contributed by atoms with Gasteiger partial charge < -0.3 is 15.2 Å². The molecule has 0 saturated carbocycles. The van der Waals surface area contributed by atoms with Crippen molar-refractivity contribution in [3.05, 3.63) is 51.9 Å². The predicted octanol–water partition coefficient (Wildman–Crippen LogP) is 4.72. The van der Waals surface area contributed by atoms with Crippen molar-refractivity contribution in [2.45, 2.75) is 64.3 Å². The Bertz CT molecular complexity index is 960. The summed E-state index contributed by atoms with van der Waals surface area (Å²) in [7, 11) is 0. The number of Topliss-reactive ketones (excluding diaryl/α,β-unsaturated/α-hetero) is 1. The van der Waals surface area contributed by atoms with Gasteiger partial charge in [-0.2, -0.15) is 0 Å². The van der Waals surface area contributed by atoms with E-state index in [4.69, 9.17) is 16.3 Å². The molecule has 2 aliphatic rings. The molecule has 6 nitrogen and oxygen atoms in total. The third-order valence-corrected chi connectivity index (χ3v) is 7.12. The van der Waals surface area contributed by atoms with Crippen molar-refractivity contribution in [2.24, 2.45) is 11.8 Å². The van der Waals surface area contributed by atoms with Gasteiger partial charge in [0.05, 0.1) is 5.69 Å². The Balaban J connectivity index is 1.39. The van der Waals surface area contributed by atoms with Crippen LogP contribution in [-0.4, -0.2) is 40.7 Å². The highest BCUT2D eigenvalue weighted by molar-refractivity contribution is 6.28. The van der Waals surface area contributed by atoms with Gasteiger partial charge in [-0.1, -0.05) is 24.3 Å². The fraction of sp³-hybridized carbons (Fsp3) is 0.577. The smallest absolute Gasteiger partial charge is 0.224 e. The van der Waals surface area contributed by atoms with Gasteiger partial charge in [0, 0.05) is 43.8 Å². The first-order valence-electron chi connectivity index (χ1n) is 12.2. The zero-order chi connectivity index (χ0) is 23.2. The number of nitrogens with one attached hydrogen (secondary N) is 1. The van der Waals surface area contributed by atoms with Gasteiger partial charge in [-0.3, -0.25) is 4.79 Å². The van der Waals surface area contributed by atoms with Crippen LogP contribution in [0.5, 0.6) is 0 Å². The molecule has 1 fully saturated rings. The third-order valence-electron chi connectivity index (χ3n) is 6.95. The second-order valence-electron chi connectivity index (χ2n) is 9.37. The van der Waals surface area contributed by atoms with Gasteiger partial charge in [0.2, 0.25) is 5.28 Å². The van der Waals surface area contributed by atoms with E-state index in [1.165, 1.54) is 0 Å². The van der Waals surface area contributed by atoms with Crippen molar-refractivity contribution in [1.82, 2.24) is 9.97 Å². The first-order valence-corrected chi connectivity index (χ1v) is 12.5. The number of benzene rings is 1. The lowest BCUT2D eigenvalue weighted by Gasteiger charge is -2.18. The number of ether oxygens (including phenoxy) is 1. The first-order chi connectivity index (χ1) is 16.0. The van der Waals surface area contributed by atoms with Gasteiger partial charge in [0.1, 0.15) is 11.6 Å². The zero-order valence-corrected chi connectivity index (χ0v) is 20.1. The molecule has 1 aliphatic heterocycles. The van der Waals surface area contributed by atoms with E-state index in [2.05, 4.69) is 34.3 Å². The molecule has 0 bridgehead atoms. The van der Waals surface area contributed by atoms with Crippen molar-refractivity contribution >= 4 is 23.2 Å². The van der Waals surface area contributed by atoms with Crippen LogP contribution in [0.4, 0.5) is 5.82 Å². The zero-order valence-electron chi connectivity index (χ0n) is 19.4. The highest BCUT2D eigenvalue weighted by atomic mass is 35.5. The molecule has 4 rings (SSSR count). The molecular weight excluding hydrogens is 438 g/mol. The number of hydrogen-bond donors (Lipinski definition) is 2. The fourth-order valence-corrected chi connectivity index (χ4v) is 5.24. The van der Waals surface area contributed by atoms with Crippen LogP contribution in [-0.2, 0) is 28.8 Å². The largest absolute Gasteiger partial charge is 0.396 e. The molecular formula is C26H34ClN3O3. The summed E-state index contributed by atoms with van der Waals surface area (Å²) in [6, 6.07) is 8.28. The average molecular weight is 472 g/mol. The molecule has 1 aliphatic carbocycles. The van der Waals surface area contributed by atoms with Crippen LogP contribution >= 0.6 is 11.6 Å². The van der Waals surface area contributed by atoms with Crippen molar-refractivity contribution in [1.29, 1.82) is 0 Å². The lowest BCUT2D eigenvalue weighted by Crippen LogP contribution is -2.16. The standard InChI is InChI=1S/C26H34ClN3O3/c1-17(21-5-2-4-18(14-21)9-11-31)28-25-22-15-19(16-23(22)29-26(27)30-25)7-8-24(32)20-6-3-12-33-13-10-20/h2,4-5,14,17,19-20,31H,3,6-13,15-16H2,1H3,(H,28,29,30). The minimum absolute atomic E-state index is 0.0387. The number of anilines is 1. The van der Waals surface area contributed by atoms with Crippen molar-refractivity contribution in [3.63, 3.8) is 0 Å². The normalized spacial score (nSPS) is 21.3. The summed E-state index contributed by atoms with van der Waals surface area (Å²) in [6.07, 6.45) is 6.65. The number of hydrogen-bond acceptors (Lipinski definition) is 6. The SMILES string of the molecule is CC(Nc1nc(Cl)nc2c1CC(CCC(=O)C1CCCOCC1)C2)c1cccc(CCO)c1. The van der Waals surface area contributed by atoms with Crippen LogP contribution < -0.4 is 5.32 Å². The first kappa shape index (κ1) is 24.1. The number of carbonyl (C=O) groups is 1. The van der Waals surface area contributed by atoms with Crippen LogP contribution in [0.25, 0.3) is 0 Å². The van der Waals surface area contributed by atoms with E-state index in [9.17, 15) is 9.90 Å². The number of carbonyl (C=O) groups excluding carboxylic acids is 1. The summed E-state index contributed by atoms with van der Waals surface area (Å²) in [5, 5.41) is 13.0. The molecule has 0 radical (unpaired) electrons. The summed E-state index contributed by atoms with van der Waals surface area (Å²) < 4.78 is 5.50. The van der Waals surface area contributed by atoms with Crippen LogP contribution in [0.1, 0.15) is 67.5 Å². The van der Waals surface area contributed by atoms with Gasteiger partial charge in [-0.25, -0.2) is 9.97 Å². The molecule has 2 aromatic rings. The Kier molecular flexibility index (Phi) is 8.34. The number of ketones is 1. The lowest BCUT2D eigenvalue weighted by molar-refractivity contribution is -0.123. The third kappa shape index (κ3) is 6.31. The number of halogens is 1. The molecule has 0 spiro atoms. The van der Waals surface area contributed by atoms with Crippen LogP contribution in [0.3, 0.4) is 0 Å². The van der Waals surface area contributed by atoms with Gasteiger partial charge in [0.25, 0.3) is 0 Å². The van der Waals surface area contributed by atoms with E-state index < -0.39 is 0 Å². The topological polar surface area (TPSA) is 84.3 Å².